The maximum atomic E-state index is 12.9. The minimum Gasteiger partial charge on any atom is -0.262 e. The zero-order valence-corrected chi connectivity index (χ0v) is 10.9. The van der Waals surface area contributed by atoms with Crippen LogP contribution >= 0.6 is 0 Å². The first-order valence-electron chi connectivity index (χ1n) is 5.19. The summed E-state index contributed by atoms with van der Waals surface area (Å²) in [5, 5.41) is 0. The fourth-order valence-electron chi connectivity index (χ4n) is 1.04. The van der Waals surface area contributed by atoms with Gasteiger partial charge in [0.2, 0.25) is 0 Å². The highest BCUT2D eigenvalue weighted by Gasteiger charge is 2.86. The summed E-state index contributed by atoms with van der Waals surface area (Å²) in [6.45, 7) is 1.86. The van der Waals surface area contributed by atoms with Crippen LogP contribution in [-0.2, 0) is 4.74 Å². The third kappa shape index (κ3) is 3.48. The van der Waals surface area contributed by atoms with Crippen molar-refractivity contribution < 1.29 is 70.6 Å². The van der Waals surface area contributed by atoms with Crippen LogP contribution in [0.2, 0.25) is 0 Å². The smallest absolute Gasteiger partial charge is 0.262 e. The van der Waals surface area contributed by atoms with Gasteiger partial charge in [-0.05, 0) is 6.08 Å². The Kier molecular flexibility index (Phi) is 5.52. The second-order valence-electron chi connectivity index (χ2n) is 4.19. The second-order valence-corrected chi connectivity index (χ2v) is 4.19. The Morgan fingerprint density at radius 2 is 0.880 bits per heavy atom. The van der Waals surface area contributed by atoms with Crippen LogP contribution in [-0.4, -0.2) is 42.1 Å². The Morgan fingerprint density at radius 3 is 1.12 bits per heavy atom. The molecule has 0 radical (unpaired) electrons. The SMILES string of the molecule is C=CC(F)(F)C(F)(F)C(F)(F)C(F)(F)OC(F)(C(F)(F)F)C(F)(F)F. The molecule has 0 amide bonds. The van der Waals surface area contributed by atoms with E-state index in [2.05, 4.69) is 0 Å². The summed E-state index contributed by atoms with van der Waals surface area (Å²) >= 11 is 0. The zero-order valence-electron chi connectivity index (χ0n) is 10.9. The van der Waals surface area contributed by atoms with Gasteiger partial charge >= 0.3 is 42.1 Å². The predicted octanol–water partition coefficient (Wildman–Crippen LogP) is 5.48. The van der Waals surface area contributed by atoms with E-state index in [1.165, 1.54) is 4.74 Å². The van der Waals surface area contributed by atoms with Crippen molar-refractivity contribution in [3.63, 3.8) is 0 Å². The Labute approximate surface area is 127 Å². The predicted molar refractivity (Wildman–Crippen MR) is 47.0 cm³/mol. The standard InChI is InChI=1S/C9H3F15O/c1-2-3(10,11)4(12,13)5(14,15)9(23,24)25-6(16,7(17,18)19)8(20,21)22/h2H,1H2. The molecule has 0 aromatic carbocycles. The first-order chi connectivity index (χ1) is 10.5. The summed E-state index contributed by atoms with van der Waals surface area (Å²) < 4.78 is 188. The van der Waals surface area contributed by atoms with E-state index < -0.39 is 48.2 Å². The van der Waals surface area contributed by atoms with Crippen molar-refractivity contribution in [2.45, 2.75) is 42.1 Å². The Hall–Kier alpha value is -1.35. The third-order valence-corrected chi connectivity index (χ3v) is 2.43. The number of ether oxygens (including phenoxy) is 1. The molecule has 25 heavy (non-hydrogen) atoms. The Bertz CT molecular complexity index is 484. The molecule has 0 aromatic rings. The lowest BCUT2D eigenvalue weighted by Crippen LogP contribution is -2.67. The van der Waals surface area contributed by atoms with Gasteiger partial charge in [-0.3, -0.25) is 4.74 Å². The van der Waals surface area contributed by atoms with E-state index in [4.69, 9.17) is 0 Å². The van der Waals surface area contributed by atoms with Crippen LogP contribution in [0.3, 0.4) is 0 Å². The van der Waals surface area contributed by atoms with E-state index in [9.17, 15) is 65.9 Å². The average molecular weight is 412 g/mol. The molecule has 0 rings (SSSR count). The fourth-order valence-corrected chi connectivity index (χ4v) is 1.04. The molecule has 0 unspecified atom stereocenters. The van der Waals surface area contributed by atoms with Crippen LogP contribution in [0.25, 0.3) is 0 Å². The molecular weight excluding hydrogens is 409 g/mol. The maximum Gasteiger partial charge on any atom is 0.458 e. The van der Waals surface area contributed by atoms with Crippen LogP contribution < -0.4 is 0 Å². The molecule has 150 valence electrons. The van der Waals surface area contributed by atoms with E-state index in [1.807, 2.05) is 6.58 Å². The van der Waals surface area contributed by atoms with Gasteiger partial charge in [0.1, 0.15) is 0 Å². The number of allylic oxidation sites excluding steroid dienone is 1. The lowest BCUT2D eigenvalue weighted by molar-refractivity contribution is -0.519. The number of alkyl halides is 15. The minimum absolute atomic E-state index is 1.30. The molecule has 0 aromatic heterocycles. The van der Waals surface area contributed by atoms with Gasteiger partial charge in [0, 0.05) is 0 Å². The van der Waals surface area contributed by atoms with E-state index in [-0.39, 0.29) is 0 Å². The van der Waals surface area contributed by atoms with Crippen LogP contribution in [0.15, 0.2) is 12.7 Å². The van der Waals surface area contributed by atoms with E-state index in [0.717, 1.165) is 0 Å². The second kappa shape index (κ2) is 5.84. The highest BCUT2D eigenvalue weighted by molar-refractivity contribution is 5.08. The van der Waals surface area contributed by atoms with Crippen molar-refractivity contribution in [1.29, 1.82) is 0 Å². The van der Waals surface area contributed by atoms with Crippen molar-refractivity contribution >= 4 is 0 Å². The summed E-state index contributed by atoms with van der Waals surface area (Å²) in [6, 6.07) is 0. The van der Waals surface area contributed by atoms with Gasteiger partial charge in [0.25, 0.3) is 0 Å². The maximum absolute atomic E-state index is 12.9. The van der Waals surface area contributed by atoms with Gasteiger partial charge in [0.15, 0.2) is 0 Å². The van der Waals surface area contributed by atoms with Crippen molar-refractivity contribution in [2.24, 2.45) is 0 Å². The van der Waals surface area contributed by atoms with Crippen LogP contribution in [0, 0.1) is 0 Å². The number of hydrogen-bond acceptors (Lipinski definition) is 1. The van der Waals surface area contributed by atoms with Crippen LogP contribution in [0.1, 0.15) is 0 Å². The van der Waals surface area contributed by atoms with Gasteiger partial charge in [-0.15, -0.1) is 0 Å². The molecule has 0 aliphatic rings. The molecule has 0 saturated carbocycles. The minimum atomic E-state index is -7.73. The number of hydrogen-bond donors (Lipinski definition) is 0. The average Bonchev–Trinajstić information content (AvgIpc) is 2.34. The highest BCUT2D eigenvalue weighted by Crippen LogP contribution is 2.57. The summed E-state index contributed by atoms with van der Waals surface area (Å²) in [7, 11) is 0. The zero-order chi connectivity index (χ0) is 20.9. The molecule has 1 nitrogen and oxygen atoms in total. The first-order valence-corrected chi connectivity index (χ1v) is 5.19. The molecule has 0 aliphatic carbocycles. The summed E-state index contributed by atoms with van der Waals surface area (Å²) in [4.78, 5) is 0. The summed E-state index contributed by atoms with van der Waals surface area (Å²) in [5.41, 5.74) is 0. The Balaban J connectivity index is 6.27. The molecule has 16 heteroatoms. The van der Waals surface area contributed by atoms with Gasteiger partial charge in [0.05, 0.1) is 0 Å². The fraction of sp³-hybridized carbons (Fsp3) is 0.778. The monoisotopic (exact) mass is 412 g/mol. The third-order valence-electron chi connectivity index (χ3n) is 2.43. The first kappa shape index (κ1) is 23.6. The highest BCUT2D eigenvalue weighted by atomic mass is 19.4. The number of halogens is 15. The molecule has 0 fully saturated rings. The van der Waals surface area contributed by atoms with Gasteiger partial charge in [-0.25, -0.2) is 0 Å². The van der Waals surface area contributed by atoms with Crippen molar-refractivity contribution in [3.05, 3.63) is 12.7 Å². The van der Waals surface area contributed by atoms with E-state index >= 15 is 0 Å². The summed E-state index contributed by atoms with van der Waals surface area (Å²) in [6.07, 6.45) is -24.1. The molecule has 0 heterocycles. The van der Waals surface area contributed by atoms with Crippen LogP contribution in [0.5, 0.6) is 0 Å². The normalized spacial score (nSPS) is 16.1. The van der Waals surface area contributed by atoms with Gasteiger partial charge < -0.3 is 0 Å². The van der Waals surface area contributed by atoms with Crippen molar-refractivity contribution in [3.8, 4) is 0 Å². The largest absolute Gasteiger partial charge is 0.458 e. The summed E-state index contributed by atoms with van der Waals surface area (Å²) in [5.74, 6) is -28.9. The molecule has 0 saturated heterocycles. The lowest BCUT2D eigenvalue weighted by Gasteiger charge is -2.38. The quantitative estimate of drug-likeness (QED) is 0.415. The Morgan fingerprint density at radius 1 is 0.560 bits per heavy atom. The van der Waals surface area contributed by atoms with E-state index in [0.29, 0.717) is 0 Å². The van der Waals surface area contributed by atoms with Crippen LogP contribution in [0.4, 0.5) is 65.9 Å². The molecule has 0 atom stereocenters. The molecule has 0 spiro atoms. The molecule has 0 N–H and O–H groups in total. The number of rotatable bonds is 6. The molecular formula is C9H3F15O. The molecule has 0 bridgehead atoms. The topological polar surface area (TPSA) is 9.23 Å². The lowest BCUT2D eigenvalue weighted by atomic mass is 10.0. The van der Waals surface area contributed by atoms with E-state index in [1.54, 1.807) is 0 Å². The van der Waals surface area contributed by atoms with Crippen molar-refractivity contribution in [2.75, 3.05) is 0 Å². The van der Waals surface area contributed by atoms with Gasteiger partial charge in [-0.2, -0.15) is 65.9 Å². The van der Waals surface area contributed by atoms with Gasteiger partial charge in [-0.1, -0.05) is 6.58 Å². The van der Waals surface area contributed by atoms with Crippen molar-refractivity contribution in [1.82, 2.24) is 0 Å². The molecule has 0 aliphatic heterocycles.